The molecular weight excluding hydrogens is 392 g/mol. The van der Waals surface area contributed by atoms with Crippen LogP contribution in [0.5, 0.6) is 0 Å². The standard InChI is InChI=1S/C24H26N4O3/c1-16-11-17(2)14-27(13-16)23(30)20-9-5-6-10-21(20)26-22(29)15-28-24(31)19-8-4-3-7-18(19)12-25-28/h3-10,12,16-17H,11,13-15H2,1-2H3,(H,26,29). The maximum absolute atomic E-state index is 13.2. The van der Waals surface area contributed by atoms with E-state index in [2.05, 4.69) is 24.3 Å². The third kappa shape index (κ3) is 4.50. The number of carbonyl (C=O) groups excluding carboxylic acids is 2. The summed E-state index contributed by atoms with van der Waals surface area (Å²) < 4.78 is 1.14. The third-order valence-electron chi connectivity index (χ3n) is 5.64. The Balaban J connectivity index is 1.53. The monoisotopic (exact) mass is 418 g/mol. The first kappa shape index (κ1) is 20.8. The number of likely N-dealkylation sites (tertiary alicyclic amines) is 1. The second-order valence-electron chi connectivity index (χ2n) is 8.44. The Labute approximate surface area is 180 Å². The predicted octanol–water partition coefficient (Wildman–Crippen LogP) is 3.15. The SMILES string of the molecule is CC1CC(C)CN(C(=O)c2ccccc2NC(=O)Cn2ncc3ccccc3c2=O)C1. The van der Waals surface area contributed by atoms with Gasteiger partial charge >= 0.3 is 0 Å². The maximum Gasteiger partial charge on any atom is 0.275 e. The molecule has 0 radical (unpaired) electrons. The lowest BCUT2D eigenvalue weighted by Gasteiger charge is -2.35. The lowest BCUT2D eigenvalue weighted by molar-refractivity contribution is -0.117. The Morgan fingerprint density at radius 1 is 1.03 bits per heavy atom. The molecule has 4 rings (SSSR count). The van der Waals surface area contributed by atoms with Gasteiger partial charge in [0, 0.05) is 18.5 Å². The fourth-order valence-corrected chi connectivity index (χ4v) is 4.34. The molecule has 0 spiro atoms. The molecule has 160 valence electrons. The Bertz CT molecular complexity index is 1180. The number of para-hydroxylation sites is 1. The van der Waals surface area contributed by atoms with Gasteiger partial charge in [0.1, 0.15) is 6.54 Å². The minimum atomic E-state index is -0.412. The number of amides is 2. The number of hydrogen-bond acceptors (Lipinski definition) is 4. The summed E-state index contributed by atoms with van der Waals surface area (Å²) in [7, 11) is 0. The smallest absolute Gasteiger partial charge is 0.275 e. The molecule has 1 saturated heterocycles. The zero-order chi connectivity index (χ0) is 22.0. The van der Waals surface area contributed by atoms with Crippen LogP contribution < -0.4 is 10.9 Å². The number of piperidine rings is 1. The third-order valence-corrected chi connectivity index (χ3v) is 5.64. The van der Waals surface area contributed by atoms with Gasteiger partial charge in [-0.15, -0.1) is 0 Å². The van der Waals surface area contributed by atoms with Gasteiger partial charge in [-0.05, 0) is 36.5 Å². The summed E-state index contributed by atoms with van der Waals surface area (Å²) in [5.74, 6) is 0.390. The number of benzene rings is 2. The molecule has 1 aliphatic rings. The van der Waals surface area contributed by atoms with Crippen LogP contribution in [0.25, 0.3) is 10.8 Å². The van der Waals surface area contributed by atoms with E-state index in [1.807, 2.05) is 11.0 Å². The predicted molar refractivity (Wildman–Crippen MR) is 120 cm³/mol. The van der Waals surface area contributed by atoms with Crippen molar-refractivity contribution in [2.24, 2.45) is 11.8 Å². The van der Waals surface area contributed by atoms with Gasteiger partial charge in [-0.3, -0.25) is 14.4 Å². The fraction of sp³-hybridized carbons (Fsp3) is 0.333. The molecule has 7 nitrogen and oxygen atoms in total. The second-order valence-corrected chi connectivity index (χ2v) is 8.44. The van der Waals surface area contributed by atoms with Crippen molar-refractivity contribution in [1.82, 2.24) is 14.7 Å². The molecule has 1 fully saturated rings. The van der Waals surface area contributed by atoms with Crippen molar-refractivity contribution < 1.29 is 9.59 Å². The largest absolute Gasteiger partial charge is 0.338 e. The van der Waals surface area contributed by atoms with Crippen molar-refractivity contribution in [3.05, 3.63) is 70.6 Å². The lowest BCUT2D eigenvalue weighted by Crippen LogP contribution is -2.42. The molecule has 2 amide bonds. The van der Waals surface area contributed by atoms with Crippen molar-refractivity contribution in [3.63, 3.8) is 0 Å². The molecule has 2 unspecified atom stereocenters. The summed E-state index contributed by atoms with van der Waals surface area (Å²) in [5.41, 5.74) is 0.571. The summed E-state index contributed by atoms with van der Waals surface area (Å²) in [6.45, 7) is 5.49. The van der Waals surface area contributed by atoms with Crippen LogP contribution in [0.3, 0.4) is 0 Å². The molecule has 0 bridgehead atoms. The van der Waals surface area contributed by atoms with Crippen LogP contribution in [0, 0.1) is 11.8 Å². The molecule has 1 aromatic heterocycles. The van der Waals surface area contributed by atoms with Gasteiger partial charge in [0.25, 0.3) is 11.5 Å². The number of carbonyl (C=O) groups is 2. The van der Waals surface area contributed by atoms with Crippen LogP contribution in [0.15, 0.2) is 59.5 Å². The van der Waals surface area contributed by atoms with E-state index >= 15 is 0 Å². The maximum atomic E-state index is 13.2. The molecule has 2 atom stereocenters. The van der Waals surface area contributed by atoms with Crippen LogP contribution in [0.1, 0.15) is 30.6 Å². The van der Waals surface area contributed by atoms with Crippen LogP contribution in [-0.4, -0.2) is 39.6 Å². The van der Waals surface area contributed by atoms with Gasteiger partial charge in [-0.1, -0.05) is 44.2 Å². The highest BCUT2D eigenvalue weighted by atomic mass is 16.2. The van der Waals surface area contributed by atoms with E-state index in [1.165, 1.54) is 0 Å². The number of nitrogens with zero attached hydrogens (tertiary/aromatic N) is 3. The number of nitrogens with one attached hydrogen (secondary N) is 1. The zero-order valence-corrected chi connectivity index (χ0v) is 17.7. The van der Waals surface area contributed by atoms with Crippen LogP contribution >= 0.6 is 0 Å². The van der Waals surface area contributed by atoms with Gasteiger partial charge < -0.3 is 10.2 Å². The number of aromatic nitrogens is 2. The number of hydrogen-bond donors (Lipinski definition) is 1. The summed E-state index contributed by atoms with van der Waals surface area (Å²) in [4.78, 5) is 40.3. The van der Waals surface area contributed by atoms with Crippen LogP contribution in [0.4, 0.5) is 5.69 Å². The van der Waals surface area contributed by atoms with Gasteiger partial charge in [0.15, 0.2) is 0 Å². The molecule has 2 aromatic carbocycles. The Morgan fingerprint density at radius 3 is 2.48 bits per heavy atom. The van der Waals surface area contributed by atoms with E-state index in [4.69, 9.17) is 0 Å². The minimum absolute atomic E-state index is 0.0877. The number of anilines is 1. The quantitative estimate of drug-likeness (QED) is 0.705. The van der Waals surface area contributed by atoms with E-state index in [0.29, 0.717) is 41.6 Å². The molecule has 0 aliphatic carbocycles. The summed E-state index contributed by atoms with van der Waals surface area (Å²) >= 11 is 0. The molecule has 1 N–H and O–H groups in total. The highest BCUT2D eigenvalue weighted by Gasteiger charge is 2.27. The van der Waals surface area contributed by atoms with E-state index in [1.54, 1.807) is 48.7 Å². The Kier molecular flexibility index (Phi) is 5.84. The van der Waals surface area contributed by atoms with Crippen molar-refractivity contribution >= 4 is 28.3 Å². The van der Waals surface area contributed by atoms with Gasteiger partial charge in [-0.2, -0.15) is 5.10 Å². The minimum Gasteiger partial charge on any atom is -0.338 e. The Hall–Kier alpha value is -3.48. The van der Waals surface area contributed by atoms with Crippen molar-refractivity contribution in [3.8, 4) is 0 Å². The first-order valence-electron chi connectivity index (χ1n) is 10.6. The zero-order valence-electron chi connectivity index (χ0n) is 17.7. The van der Waals surface area contributed by atoms with E-state index in [9.17, 15) is 14.4 Å². The highest BCUT2D eigenvalue weighted by Crippen LogP contribution is 2.25. The number of fused-ring (bicyclic) bond motifs is 1. The van der Waals surface area contributed by atoms with E-state index < -0.39 is 5.91 Å². The van der Waals surface area contributed by atoms with Crippen LogP contribution in [-0.2, 0) is 11.3 Å². The first-order valence-corrected chi connectivity index (χ1v) is 10.6. The Morgan fingerprint density at radius 2 is 1.71 bits per heavy atom. The topological polar surface area (TPSA) is 84.3 Å². The highest BCUT2D eigenvalue weighted by molar-refractivity contribution is 6.03. The average molecular weight is 418 g/mol. The molecule has 3 aromatic rings. The van der Waals surface area contributed by atoms with Crippen molar-refractivity contribution in [2.45, 2.75) is 26.8 Å². The van der Waals surface area contributed by atoms with Crippen molar-refractivity contribution in [2.75, 3.05) is 18.4 Å². The van der Waals surface area contributed by atoms with E-state index in [-0.39, 0.29) is 18.0 Å². The van der Waals surface area contributed by atoms with Crippen LogP contribution in [0.2, 0.25) is 0 Å². The van der Waals surface area contributed by atoms with Gasteiger partial charge in [0.2, 0.25) is 5.91 Å². The number of rotatable bonds is 4. The fourth-order valence-electron chi connectivity index (χ4n) is 4.34. The molecule has 2 heterocycles. The first-order chi connectivity index (χ1) is 14.9. The molecule has 0 saturated carbocycles. The average Bonchev–Trinajstić information content (AvgIpc) is 2.75. The summed E-state index contributed by atoms with van der Waals surface area (Å²) in [6, 6.07) is 14.1. The molecule has 1 aliphatic heterocycles. The normalized spacial score (nSPS) is 18.7. The molecule has 31 heavy (non-hydrogen) atoms. The van der Waals surface area contributed by atoms with Gasteiger partial charge in [-0.25, -0.2) is 4.68 Å². The molecule has 7 heteroatoms. The second kappa shape index (κ2) is 8.71. The van der Waals surface area contributed by atoms with Gasteiger partial charge in [0.05, 0.1) is 22.8 Å². The van der Waals surface area contributed by atoms with Crippen molar-refractivity contribution in [1.29, 1.82) is 0 Å². The van der Waals surface area contributed by atoms with E-state index in [0.717, 1.165) is 16.5 Å². The molecular formula is C24H26N4O3. The lowest BCUT2D eigenvalue weighted by atomic mass is 9.91. The summed E-state index contributed by atoms with van der Waals surface area (Å²) in [6.07, 6.45) is 2.68. The summed E-state index contributed by atoms with van der Waals surface area (Å²) in [5, 5.41) is 8.13.